The minimum atomic E-state index is -0.552. The van der Waals surface area contributed by atoms with Gasteiger partial charge in [-0.05, 0) is 11.4 Å². The summed E-state index contributed by atoms with van der Waals surface area (Å²) < 4.78 is 10.1. The Morgan fingerprint density at radius 3 is 2.78 bits per heavy atom. The van der Waals surface area contributed by atoms with E-state index < -0.39 is 5.97 Å². The number of rotatable bonds is 3. The molecule has 98 valence electrons. The first-order valence-electron chi connectivity index (χ1n) is 5.54. The lowest BCUT2D eigenvalue weighted by molar-refractivity contribution is -0.138. The Labute approximate surface area is 108 Å². The van der Waals surface area contributed by atoms with Crippen LogP contribution in [0, 0.1) is 0 Å². The molecule has 1 saturated heterocycles. The van der Waals surface area contributed by atoms with Gasteiger partial charge in [0.1, 0.15) is 4.88 Å². The maximum atomic E-state index is 11.7. The molecular formula is C11H14N2O4S. The van der Waals surface area contributed by atoms with Crippen LogP contribution < -0.4 is 5.73 Å². The van der Waals surface area contributed by atoms with E-state index in [1.54, 1.807) is 16.3 Å². The highest BCUT2D eigenvalue weighted by Gasteiger charge is 2.19. The number of thiophene rings is 1. The molecule has 0 radical (unpaired) electrons. The predicted molar refractivity (Wildman–Crippen MR) is 66.4 cm³/mol. The average Bonchev–Trinajstić information content (AvgIpc) is 2.83. The number of carbonyl (C=O) groups is 2. The number of nitrogens with two attached hydrogens (primary N) is 1. The zero-order chi connectivity index (χ0) is 13.0. The van der Waals surface area contributed by atoms with Gasteiger partial charge in [0.15, 0.2) is 6.61 Å². The monoisotopic (exact) mass is 270 g/mol. The van der Waals surface area contributed by atoms with Crippen LogP contribution in [0.4, 0.5) is 5.69 Å². The van der Waals surface area contributed by atoms with Crippen LogP contribution in [0.3, 0.4) is 0 Å². The summed E-state index contributed by atoms with van der Waals surface area (Å²) in [5.74, 6) is -0.758. The van der Waals surface area contributed by atoms with Gasteiger partial charge in [-0.2, -0.15) is 0 Å². The van der Waals surface area contributed by atoms with Crippen molar-refractivity contribution < 1.29 is 19.1 Å². The summed E-state index contributed by atoms with van der Waals surface area (Å²) in [5, 5.41) is 1.70. The van der Waals surface area contributed by atoms with Gasteiger partial charge in [-0.15, -0.1) is 11.3 Å². The molecule has 0 aliphatic carbocycles. The van der Waals surface area contributed by atoms with Gasteiger partial charge in [-0.25, -0.2) is 4.79 Å². The van der Waals surface area contributed by atoms with Crippen molar-refractivity contribution in [2.75, 3.05) is 38.6 Å². The summed E-state index contributed by atoms with van der Waals surface area (Å²) in [7, 11) is 0. The second-order valence-electron chi connectivity index (χ2n) is 3.77. The van der Waals surface area contributed by atoms with Crippen molar-refractivity contribution in [3.63, 3.8) is 0 Å². The molecule has 6 nitrogen and oxygen atoms in total. The molecule has 1 fully saturated rings. The number of carbonyl (C=O) groups excluding carboxylic acids is 2. The van der Waals surface area contributed by atoms with Crippen LogP contribution in [0.25, 0.3) is 0 Å². The van der Waals surface area contributed by atoms with Gasteiger partial charge in [0.25, 0.3) is 5.91 Å². The van der Waals surface area contributed by atoms with Crippen LogP contribution in [-0.2, 0) is 14.3 Å². The lowest BCUT2D eigenvalue weighted by Gasteiger charge is -2.26. The molecule has 7 heteroatoms. The Kier molecular flexibility index (Phi) is 4.16. The number of esters is 1. The number of hydrogen-bond acceptors (Lipinski definition) is 6. The molecule has 0 bridgehead atoms. The Bertz CT molecular complexity index is 440. The highest BCUT2D eigenvalue weighted by Crippen LogP contribution is 2.19. The average molecular weight is 270 g/mol. The van der Waals surface area contributed by atoms with Crippen molar-refractivity contribution in [1.82, 2.24) is 4.90 Å². The fourth-order valence-electron chi connectivity index (χ4n) is 1.58. The predicted octanol–water partition coefficient (Wildman–Crippen LogP) is 0.346. The molecule has 2 heterocycles. The van der Waals surface area contributed by atoms with Crippen molar-refractivity contribution in [2.45, 2.75) is 0 Å². The topological polar surface area (TPSA) is 81.9 Å². The van der Waals surface area contributed by atoms with Crippen LogP contribution in [-0.4, -0.2) is 49.7 Å². The Morgan fingerprint density at radius 1 is 1.44 bits per heavy atom. The molecule has 1 aromatic rings. The molecule has 1 aliphatic heterocycles. The number of amides is 1. The highest BCUT2D eigenvalue weighted by atomic mass is 32.1. The fraction of sp³-hybridized carbons (Fsp3) is 0.455. The van der Waals surface area contributed by atoms with Crippen LogP contribution in [0.2, 0.25) is 0 Å². The minimum absolute atomic E-state index is 0.207. The van der Waals surface area contributed by atoms with Crippen molar-refractivity contribution in [3.05, 3.63) is 16.3 Å². The molecule has 1 aromatic heterocycles. The Balaban J connectivity index is 1.82. The van der Waals surface area contributed by atoms with Gasteiger partial charge < -0.3 is 20.1 Å². The lowest BCUT2D eigenvalue weighted by Crippen LogP contribution is -2.42. The number of hydrogen-bond donors (Lipinski definition) is 1. The standard InChI is InChI=1S/C11H14N2O4S/c12-8-1-6-18-10(8)11(15)17-7-9(14)13-2-4-16-5-3-13/h1,6H,2-5,7,12H2. The molecule has 0 spiro atoms. The summed E-state index contributed by atoms with van der Waals surface area (Å²) in [6.07, 6.45) is 0. The lowest BCUT2D eigenvalue weighted by atomic mass is 10.4. The van der Waals surface area contributed by atoms with E-state index in [1.165, 1.54) is 11.3 Å². The third kappa shape index (κ3) is 2.99. The zero-order valence-electron chi connectivity index (χ0n) is 9.76. The zero-order valence-corrected chi connectivity index (χ0v) is 10.6. The smallest absolute Gasteiger partial charge is 0.350 e. The summed E-state index contributed by atoms with van der Waals surface area (Å²) in [5.41, 5.74) is 5.97. The fourth-order valence-corrected chi connectivity index (χ4v) is 2.29. The summed E-state index contributed by atoms with van der Waals surface area (Å²) in [4.78, 5) is 25.3. The van der Waals surface area contributed by atoms with Gasteiger partial charge in [0.05, 0.1) is 18.9 Å². The van der Waals surface area contributed by atoms with E-state index in [4.69, 9.17) is 15.2 Å². The molecule has 0 aromatic carbocycles. The second-order valence-corrected chi connectivity index (χ2v) is 4.69. The molecule has 1 amide bonds. The largest absolute Gasteiger partial charge is 0.451 e. The van der Waals surface area contributed by atoms with Gasteiger partial charge in [-0.1, -0.05) is 0 Å². The third-order valence-corrected chi connectivity index (χ3v) is 3.48. The van der Waals surface area contributed by atoms with E-state index in [2.05, 4.69) is 0 Å². The van der Waals surface area contributed by atoms with E-state index in [0.717, 1.165) is 0 Å². The van der Waals surface area contributed by atoms with Gasteiger partial charge in [-0.3, -0.25) is 4.79 Å². The van der Waals surface area contributed by atoms with Gasteiger partial charge in [0.2, 0.25) is 0 Å². The molecular weight excluding hydrogens is 256 g/mol. The van der Waals surface area contributed by atoms with E-state index in [0.29, 0.717) is 36.9 Å². The van der Waals surface area contributed by atoms with E-state index >= 15 is 0 Å². The first-order chi connectivity index (χ1) is 8.68. The van der Waals surface area contributed by atoms with Gasteiger partial charge in [0, 0.05) is 13.1 Å². The summed E-state index contributed by atoms with van der Waals surface area (Å²) in [6.45, 7) is 1.88. The minimum Gasteiger partial charge on any atom is -0.451 e. The van der Waals surface area contributed by atoms with E-state index in [1.807, 2.05) is 0 Å². The first-order valence-corrected chi connectivity index (χ1v) is 6.42. The van der Waals surface area contributed by atoms with Crippen molar-refractivity contribution in [2.24, 2.45) is 0 Å². The van der Waals surface area contributed by atoms with Crippen LogP contribution in [0.1, 0.15) is 9.67 Å². The van der Waals surface area contributed by atoms with Crippen molar-refractivity contribution >= 4 is 28.9 Å². The van der Waals surface area contributed by atoms with Crippen molar-refractivity contribution in [3.8, 4) is 0 Å². The van der Waals surface area contributed by atoms with Crippen molar-refractivity contribution in [1.29, 1.82) is 0 Å². The second kappa shape index (κ2) is 5.83. The molecule has 1 aliphatic rings. The Morgan fingerprint density at radius 2 is 2.17 bits per heavy atom. The number of ether oxygens (including phenoxy) is 2. The Hall–Kier alpha value is -1.60. The van der Waals surface area contributed by atoms with Gasteiger partial charge >= 0.3 is 5.97 Å². The molecule has 18 heavy (non-hydrogen) atoms. The quantitative estimate of drug-likeness (QED) is 0.801. The number of nitrogens with zero attached hydrogens (tertiary/aromatic N) is 1. The first kappa shape index (κ1) is 12.8. The molecule has 2 N–H and O–H groups in total. The van der Waals surface area contributed by atoms with Crippen LogP contribution >= 0.6 is 11.3 Å². The van der Waals surface area contributed by atoms with E-state index in [-0.39, 0.29) is 12.5 Å². The van der Waals surface area contributed by atoms with E-state index in [9.17, 15) is 9.59 Å². The third-order valence-electron chi connectivity index (χ3n) is 2.57. The number of nitrogen functional groups attached to an aromatic ring is 1. The maximum absolute atomic E-state index is 11.7. The molecule has 2 rings (SSSR count). The molecule has 0 saturated carbocycles. The molecule has 0 unspecified atom stereocenters. The maximum Gasteiger partial charge on any atom is 0.350 e. The van der Waals surface area contributed by atoms with Crippen LogP contribution in [0.5, 0.6) is 0 Å². The summed E-state index contributed by atoms with van der Waals surface area (Å²) in [6, 6.07) is 1.63. The highest BCUT2D eigenvalue weighted by molar-refractivity contribution is 7.12. The normalized spacial score (nSPS) is 15.4. The number of morpholine rings is 1. The SMILES string of the molecule is Nc1ccsc1C(=O)OCC(=O)N1CCOCC1. The number of anilines is 1. The van der Waals surface area contributed by atoms with Crippen LogP contribution in [0.15, 0.2) is 11.4 Å². The summed E-state index contributed by atoms with van der Waals surface area (Å²) >= 11 is 1.20. The molecule has 0 atom stereocenters.